The monoisotopic (exact) mass is 1050 g/mol. The van der Waals surface area contributed by atoms with Crippen molar-refractivity contribution in [3.05, 3.63) is 290 Å². The highest BCUT2D eigenvalue weighted by atomic mass is 28.4. The van der Waals surface area contributed by atoms with E-state index in [0.717, 1.165) is 28.4 Å². The van der Waals surface area contributed by atoms with Gasteiger partial charge in [0.25, 0.3) is 0 Å². The van der Waals surface area contributed by atoms with Gasteiger partial charge >= 0.3 is 0 Å². The number of anilines is 6. The number of hydrogen-bond donors (Lipinski definition) is 0. The van der Waals surface area contributed by atoms with Crippen molar-refractivity contribution in [3.63, 3.8) is 0 Å². The number of rotatable bonds is 12. The topological polar surface area (TPSA) is 6.48 Å². The minimum atomic E-state index is -2.24. The van der Waals surface area contributed by atoms with Crippen molar-refractivity contribution in [1.82, 2.24) is 0 Å². The average Bonchev–Trinajstić information content (AvgIpc) is 3.12. The molecule has 0 unspecified atom stereocenters. The van der Waals surface area contributed by atoms with E-state index < -0.39 is 16.1 Å². The summed E-state index contributed by atoms with van der Waals surface area (Å²) in [7, 11) is -4.48. The molecular formula is C75H64N2Si2. The Bertz CT molecular complexity index is 4170. The van der Waals surface area contributed by atoms with Crippen molar-refractivity contribution in [3.8, 4) is 55.6 Å². The van der Waals surface area contributed by atoms with E-state index in [0.29, 0.717) is 0 Å². The van der Waals surface area contributed by atoms with Gasteiger partial charge in [0.05, 0.1) is 33.2 Å². The molecule has 382 valence electrons. The van der Waals surface area contributed by atoms with Crippen LogP contribution in [0.5, 0.6) is 0 Å². The van der Waals surface area contributed by atoms with Crippen molar-refractivity contribution < 1.29 is 0 Å². The summed E-state index contributed by atoms with van der Waals surface area (Å²) in [5.41, 5.74) is 22.1. The lowest BCUT2D eigenvalue weighted by molar-refractivity contribution is 0.962. The molecule has 0 saturated heterocycles. The maximum Gasteiger partial charge on any atom is 0.0579 e. The van der Waals surface area contributed by atoms with Crippen LogP contribution in [0, 0.1) is 0 Å². The molecular weight excluding hydrogens is 985 g/mol. The van der Waals surface area contributed by atoms with E-state index in [1.54, 1.807) is 0 Å². The van der Waals surface area contributed by atoms with Crippen molar-refractivity contribution in [2.24, 2.45) is 0 Å². The highest BCUT2D eigenvalue weighted by molar-refractivity contribution is 7.00. The Morgan fingerprint density at radius 3 is 1.19 bits per heavy atom. The summed E-state index contributed by atoms with van der Waals surface area (Å²) in [4.78, 5) is 5.06. The van der Waals surface area contributed by atoms with Crippen LogP contribution in [-0.4, -0.2) is 16.1 Å². The number of fused-ring (bicyclic) bond motifs is 7. The van der Waals surface area contributed by atoms with Gasteiger partial charge in [0, 0.05) is 38.2 Å². The first kappa shape index (κ1) is 49.7. The first-order chi connectivity index (χ1) is 38.5. The van der Waals surface area contributed by atoms with E-state index in [1.165, 1.54) is 94.0 Å². The smallest absolute Gasteiger partial charge is 0.0579 e. The third-order valence-electron chi connectivity index (χ3n) is 16.7. The van der Waals surface area contributed by atoms with Gasteiger partial charge in [0.15, 0.2) is 0 Å². The van der Waals surface area contributed by atoms with Crippen LogP contribution in [0.15, 0.2) is 279 Å². The molecule has 1 aliphatic rings. The Hall–Kier alpha value is -8.81. The summed E-state index contributed by atoms with van der Waals surface area (Å²) < 4.78 is -0.190. The third kappa shape index (κ3) is 8.46. The summed E-state index contributed by atoms with van der Waals surface area (Å²) in [6.07, 6.45) is 0. The quantitative estimate of drug-likeness (QED) is 0.113. The van der Waals surface area contributed by atoms with Crippen LogP contribution in [0.2, 0.25) is 39.3 Å². The molecule has 0 aliphatic heterocycles. The number of nitrogens with zero attached hydrogens (tertiary/aromatic N) is 2. The molecule has 0 fully saturated rings. The van der Waals surface area contributed by atoms with Crippen LogP contribution in [0.3, 0.4) is 0 Å². The highest BCUT2D eigenvalue weighted by Gasteiger charge is 2.60. The molecule has 0 N–H and O–H groups in total. The maximum absolute atomic E-state index is 2.67. The van der Waals surface area contributed by atoms with Crippen molar-refractivity contribution in [2.45, 2.75) is 43.9 Å². The predicted octanol–water partition coefficient (Wildman–Crippen LogP) is 21.6. The van der Waals surface area contributed by atoms with Gasteiger partial charge in [-0.2, -0.15) is 0 Å². The number of benzene rings is 12. The molecule has 0 radical (unpaired) electrons. The number of para-hydroxylation sites is 2. The second kappa shape index (κ2) is 19.9. The molecule has 12 aromatic rings. The molecule has 0 bridgehead atoms. The lowest BCUT2D eigenvalue weighted by atomic mass is 9.93. The van der Waals surface area contributed by atoms with E-state index in [1.807, 2.05) is 0 Å². The Morgan fingerprint density at radius 2 is 0.696 bits per heavy atom. The first-order valence-corrected chi connectivity index (χ1v) is 34.8. The number of hydrogen-bond acceptors (Lipinski definition) is 2. The zero-order valence-corrected chi connectivity index (χ0v) is 48.0. The fraction of sp³-hybridized carbons (Fsp3) is 0.0933. The lowest BCUT2D eigenvalue weighted by Gasteiger charge is -2.52. The van der Waals surface area contributed by atoms with E-state index in [9.17, 15) is 0 Å². The van der Waals surface area contributed by atoms with Crippen LogP contribution in [0.1, 0.15) is 11.1 Å². The summed E-state index contributed by atoms with van der Waals surface area (Å²) in [6.45, 7) is 15.9. The van der Waals surface area contributed by atoms with Gasteiger partial charge in [0.2, 0.25) is 0 Å². The molecule has 0 heterocycles. The molecule has 0 amide bonds. The van der Waals surface area contributed by atoms with Gasteiger partial charge < -0.3 is 9.80 Å². The Kier molecular flexibility index (Phi) is 12.5. The predicted molar refractivity (Wildman–Crippen MR) is 345 cm³/mol. The van der Waals surface area contributed by atoms with Crippen LogP contribution >= 0.6 is 0 Å². The van der Waals surface area contributed by atoms with Crippen LogP contribution in [0.4, 0.5) is 34.1 Å². The molecule has 79 heavy (non-hydrogen) atoms. The van der Waals surface area contributed by atoms with Gasteiger partial charge in [-0.3, -0.25) is 0 Å². The van der Waals surface area contributed by atoms with Gasteiger partial charge in [-0.25, -0.2) is 0 Å². The summed E-state index contributed by atoms with van der Waals surface area (Å²) in [5, 5.41) is 5.15. The van der Waals surface area contributed by atoms with E-state index >= 15 is 0 Å². The Labute approximate surface area is 468 Å². The van der Waals surface area contributed by atoms with Gasteiger partial charge in [-0.05, 0) is 126 Å². The molecule has 0 atom stereocenters. The largest absolute Gasteiger partial charge is 0.310 e. The molecule has 1 aliphatic carbocycles. The minimum Gasteiger partial charge on any atom is -0.310 e. The molecule has 2 nitrogen and oxygen atoms in total. The molecule has 0 spiro atoms. The van der Waals surface area contributed by atoms with Crippen molar-refractivity contribution >= 4 is 71.8 Å². The zero-order valence-electron chi connectivity index (χ0n) is 46.0. The normalized spacial score (nSPS) is 12.8. The Morgan fingerprint density at radius 1 is 0.278 bits per heavy atom. The fourth-order valence-electron chi connectivity index (χ4n) is 13.8. The van der Waals surface area contributed by atoms with Crippen LogP contribution in [0.25, 0.3) is 77.2 Å². The third-order valence-corrected chi connectivity index (χ3v) is 26.8. The maximum atomic E-state index is 2.67. The summed E-state index contributed by atoms with van der Waals surface area (Å²) >= 11 is 0. The average molecular weight is 1050 g/mol. The van der Waals surface area contributed by atoms with E-state index in [4.69, 9.17) is 0 Å². The zero-order chi connectivity index (χ0) is 53.9. The molecule has 12 aromatic carbocycles. The second-order valence-electron chi connectivity index (χ2n) is 23.3. The molecule has 4 heteroatoms. The fourth-order valence-corrected chi connectivity index (χ4v) is 26.8. The standard InChI is InChI=1S/C75H64N2Si2/c1-78(2,3)75(79(4,5)6)69-52-72(77(61-37-23-12-24-38-61)71-51-58(54-29-15-8-16-30-54)42-46-64(71)56-33-19-10-20-34-56)66-39-25-26-40-67(66)73(69)68-47-43-59-49-62(44-48-65(59)74(68)75)76(60-35-21-11-22-36-60)70-50-57(53-27-13-7-14-28-53)41-45-63(70)55-31-17-9-18-32-55/h7-52H,1-6H3. The van der Waals surface area contributed by atoms with Gasteiger partial charge in [-0.15, -0.1) is 0 Å². The molecule has 0 aromatic heterocycles. The van der Waals surface area contributed by atoms with E-state index in [-0.39, 0.29) is 4.66 Å². The Balaban J connectivity index is 1.07. The summed E-state index contributed by atoms with van der Waals surface area (Å²) in [6, 6.07) is 104. The highest BCUT2D eigenvalue weighted by Crippen LogP contribution is 2.63. The SMILES string of the molecule is C[Si](C)(C)C1([Si](C)(C)C)c2cc(N(c3ccccc3)c3cc(-c4ccccc4)ccc3-c3ccccc3)c3ccccc3c2-c2ccc3cc(N(c4ccccc4)c4cc(-c5ccccc5)ccc4-c4ccccc4)ccc3c21. The first-order valence-electron chi connectivity index (χ1n) is 27.8. The van der Waals surface area contributed by atoms with Gasteiger partial charge in [0.1, 0.15) is 0 Å². The minimum absolute atomic E-state index is 0.190. The van der Waals surface area contributed by atoms with Gasteiger partial charge in [-0.1, -0.05) is 264 Å². The van der Waals surface area contributed by atoms with Crippen LogP contribution in [-0.2, 0) is 4.66 Å². The summed E-state index contributed by atoms with van der Waals surface area (Å²) in [5.74, 6) is 0. The van der Waals surface area contributed by atoms with E-state index in [2.05, 4.69) is 328 Å². The molecule has 13 rings (SSSR count). The molecule has 0 saturated carbocycles. The lowest BCUT2D eigenvalue weighted by Crippen LogP contribution is -2.63. The van der Waals surface area contributed by atoms with Crippen molar-refractivity contribution in [1.29, 1.82) is 0 Å². The second-order valence-corrected chi connectivity index (χ2v) is 34.3. The van der Waals surface area contributed by atoms with Crippen LogP contribution < -0.4 is 9.80 Å². The van der Waals surface area contributed by atoms with Crippen molar-refractivity contribution in [2.75, 3.05) is 9.80 Å².